The van der Waals surface area contributed by atoms with Crippen molar-refractivity contribution in [2.75, 3.05) is 5.73 Å². The monoisotopic (exact) mass is 267 g/mol. The molecule has 0 saturated heterocycles. The fraction of sp³-hybridized carbons (Fsp3) is 0.0769. The van der Waals surface area contributed by atoms with Crippen molar-refractivity contribution < 1.29 is 4.39 Å². The number of halogens is 2. The van der Waals surface area contributed by atoms with Crippen LogP contribution in [0.15, 0.2) is 47.4 Å². The van der Waals surface area contributed by atoms with Gasteiger partial charge in [0, 0.05) is 10.6 Å². The summed E-state index contributed by atoms with van der Waals surface area (Å²) in [5.41, 5.74) is 7.28. The number of hydrogen-bond donors (Lipinski definition) is 1. The van der Waals surface area contributed by atoms with Gasteiger partial charge >= 0.3 is 0 Å². The van der Waals surface area contributed by atoms with Crippen LogP contribution in [-0.2, 0) is 5.75 Å². The second kappa shape index (κ2) is 5.43. The Morgan fingerprint density at radius 3 is 2.47 bits per heavy atom. The van der Waals surface area contributed by atoms with Crippen LogP contribution in [-0.4, -0.2) is 0 Å². The molecule has 0 spiro atoms. The molecular formula is C13H11ClFNS. The average Bonchev–Trinajstić information content (AvgIpc) is 2.33. The number of nitrogens with two attached hydrogens (primary N) is 1. The number of rotatable bonds is 3. The number of benzene rings is 2. The van der Waals surface area contributed by atoms with Crippen molar-refractivity contribution in [1.82, 2.24) is 0 Å². The largest absolute Gasteiger partial charge is 0.398 e. The molecule has 2 N–H and O–H groups in total. The summed E-state index contributed by atoms with van der Waals surface area (Å²) in [4.78, 5) is 1.05. The van der Waals surface area contributed by atoms with Gasteiger partial charge in [-0.25, -0.2) is 4.39 Å². The van der Waals surface area contributed by atoms with E-state index in [1.54, 1.807) is 30.0 Å². The maximum absolute atomic E-state index is 12.7. The third-order valence-corrected chi connectivity index (χ3v) is 3.68. The van der Waals surface area contributed by atoms with Crippen molar-refractivity contribution in [2.24, 2.45) is 0 Å². The SMILES string of the molecule is Nc1ccc(SCc2ccc(F)cc2)cc1Cl. The van der Waals surface area contributed by atoms with Crippen molar-refractivity contribution in [3.8, 4) is 0 Å². The second-order valence-corrected chi connectivity index (χ2v) is 5.05. The molecule has 0 aliphatic carbocycles. The smallest absolute Gasteiger partial charge is 0.123 e. The lowest BCUT2D eigenvalue weighted by Crippen LogP contribution is -1.86. The highest BCUT2D eigenvalue weighted by Gasteiger charge is 2.00. The van der Waals surface area contributed by atoms with Gasteiger partial charge in [-0.15, -0.1) is 11.8 Å². The zero-order valence-corrected chi connectivity index (χ0v) is 10.6. The van der Waals surface area contributed by atoms with Crippen LogP contribution >= 0.6 is 23.4 Å². The quantitative estimate of drug-likeness (QED) is 0.661. The summed E-state index contributed by atoms with van der Waals surface area (Å²) in [6.45, 7) is 0. The number of nitrogen functional groups attached to an aromatic ring is 1. The minimum atomic E-state index is -0.214. The molecule has 0 amide bonds. The highest BCUT2D eigenvalue weighted by molar-refractivity contribution is 7.98. The van der Waals surface area contributed by atoms with Gasteiger partial charge in [0.15, 0.2) is 0 Å². The molecule has 4 heteroatoms. The van der Waals surface area contributed by atoms with E-state index in [4.69, 9.17) is 17.3 Å². The summed E-state index contributed by atoms with van der Waals surface area (Å²) in [7, 11) is 0. The van der Waals surface area contributed by atoms with Crippen LogP contribution in [0, 0.1) is 5.82 Å². The molecule has 88 valence electrons. The number of thioether (sulfide) groups is 1. The molecule has 0 bridgehead atoms. The van der Waals surface area contributed by atoms with Crippen molar-refractivity contribution in [3.05, 3.63) is 58.9 Å². The molecule has 17 heavy (non-hydrogen) atoms. The summed E-state index contributed by atoms with van der Waals surface area (Å²) < 4.78 is 12.7. The zero-order chi connectivity index (χ0) is 12.3. The maximum atomic E-state index is 12.7. The van der Waals surface area contributed by atoms with E-state index in [1.807, 2.05) is 12.1 Å². The molecule has 0 fully saturated rings. The molecule has 1 nitrogen and oxygen atoms in total. The molecule has 0 aromatic heterocycles. The predicted octanol–water partition coefficient (Wildman–Crippen LogP) is 4.35. The van der Waals surface area contributed by atoms with E-state index in [0.29, 0.717) is 10.7 Å². The van der Waals surface area contributed by atoms with Crippen LogP contribution in [0.5, 0.6) is 0 Å². The normalized spacial score (nSPS) is 10.5. The Kier molecular flexibility index (Phi) is 3.92. The van der Waals surface area contributed by atoms with Gasteiger partial charge < -0.3 is 5.73 Å². The minimum absolute atomic E-state index is 0.214. The minimum Gasteiger partial charge on any atom is -0.398 e. The highest BCUT2D eigenvalue weighted by atomic mass is 35.5. The molecule has 0 aliphatic heterocycles. The molecule has 0 radical (unpaired) electrons. The van der Waals surface area contributed by atoms with Gasteiger partial charge in [0.05, 0.1) is 10.7 Å². The first kappa shape index (κ1) is 12.3. The van der Waals surface area contributed by atoms with Gasteiger partial charge in [-0.2, -0.15) is 0 Å². The standard InChI is InChI=1S/C13H11ClFNS/c14-12-7-11(5-6-13(12)16)17-8-9-1-3-10(15)4-2-9/h1-7H,8,16H2. The molecule has 0 unspecified atom stereocenters. The molecule has 0 saturated carbocycles. The fourth-order valence-corrected chi connectivity index (χ4v) is 2.48. The summed E-state index contributed by atoms with van der Waals surface area (Å²) in [6, 6.07) is 12.0. The average molecular weight is 268 g/mol. The summed E-state index contributed by atoms with van der Waals surface area (Å²) in [5.74, 6) is 0.565. The third kappa shape index (κ3) is 3.38. The van der Waals surface area contributed by atoms with Gasteiger partial charge in [-0.1, -0.05) is 23.7 Å². The molecule has 2 aromatic carbocycles. The van der Waals surface area contributed by atoms with Gasteiger partial charge in [0.1, 0.15) is 5.82 Å². The van der Waals surface area contributed by atoms with E-state index in [9.17, 15) is 4.39 Å². The van der Waals surface area contributed by atoms with Crippen molar-refractivity contribution in [2.45, 2.75) is 10.6 Å². The molecule has 0 atom stereocenters. The van der Waals surface area contributed by atoms with Crippen LogP contribution < -0.4 is 5.73 Å². The summed E-state index contributed by atoms with van der Waals surface area (Å²) in [6.07, 6.45) is 0. The molecule has 0 aliphatic rings. The third-order valence-electron chi connectivity index (χ3n) is 2.29. The van der Waals surface area contributed by atoms with Crippen LogP contribution in [0.25, 0.3) is 0 Å². The lowest BCUT2D eigenvalue weighted by Gasteiger charge is -2.04. The Labute approximate surface area is 109 Å². The van der Waals surface area contributed by atoms with Crippen LogP contribution in [0.2, 0.25) is 5.02 Å². The zero-order valence-electron chi connectivity index (χ0n) is 8.99. The van der Waals surface area contributed by atoms with Crippen LogP contribution in [0.3, 0.4) is 0 Å². The summed E-state index contributed by atoms with van der Waals surface area (Å²) >= 11 is 7.57. The van der Waals surface area contributed by atoms with Crippen LogP contribution in [0.4, 0.5) is 10.1 Å². The first-order valence-electron chi connectivity index (χ1n) is 5.07. The van der Waals surface area contributed by atoms with Crippen molar-refractivity contribution in [1.29, 1.82) is 0 Å². The van der Waals surface area contributed by atoms with Crippen LogP contribution in [0.1, 0.15) is 5.56 Å². The molecule has 2 aromatic rings. The lowest BCUT2D eigenvalue weighted by molar-refractivity contribution is 0.627. The van der Waals surface area contributed by atoms with Gasteiger partial charge in [-0.05, 0) is 35.9 Å². The highest BCUT2D eigenvalue weighted by Crippen LogP contribution is 2.28. The Morgan fingerprint density at radius 2 is 1.82 bits per heavy atom. The second-order valence-electron chi connectivity index (χ2n) is 3.60. The van der Waals surface area contributed by atoms with Gasteiger partial charge in [-0.3, -0.25) is 0 Å². The topological polar surface area (TPSA) is 26.0 Å². The number of anilines is 1. The number of hydrogen-bond acceptors (Lipinski definition) is 2. The Morgan fingerprint density at radius 1 is 1.12 bits per heavy atom. The Bertz CT molecular complexity index is 513. The Hall–Kier alpha value is -1.19. The van der Waals surface area contributed by atoms with Crippen molar-refractivity contribution >= 4 is 29.1 Å². The first-order valence-corrected chi connectivity index (χ1v) is 6.44. The summed E-state index contributed by atoms with van der Waals surface area (Å²) in [5, 5.41) is 0.564. The van der Waals surface area contributed by atoms with E-state index in [2.05, 4.69) is 0 Å². The molecular weight excluding hydrogens is 257 g/mol. The van der Waals surface area contributed by atoms with Crippen molar-refractivity contribution in [3.63, 3.8) is 0 Å². The molecule has 0 heterocycles. The Balaban J connectivity index is 2.02. The predicted molar refractivity (Wildman–Crippen MR) is 71.8 cm³/mol. The van der Waals surface area contributed by atoms with Gasteiger partial charge in [0.2, 0.25) is 0 Å². The lowest BCUT2D eigenvalue weighted by atomic mass is 10.2. The van der Waals surface area contributed by atoms with E-state index in [0.717, 1.165) is 16.2 Å². The van der Waals surface area contributed by atoms with E-state index in [1.165, 1.54) is 12.1 Å². The fourth-order valence-electron chi connectivity index (χ4n) is 1.34. The van der Waals surface area contributed by atoms with E-state index in [-0.39, 0.29) is 5.82 Å². The van der Waals surface area contributed by atoms with Gasteiger partial charge in [0.25, 0.3) is 0 Å². The van der Waals surface area contributed by atoms with E-state index >= 15 is 0 Å². The maximum Gasteiger partial charge on any atom is 0.123 e. The van der Waals surface area contributed by atoms with E-state index < -0.39 is 0 Å². The molecule has 2 rings (SSSR count). The first-order chi connectivity index (χ1) is 8.15.